The van der Waals surface area contributed by atoms with Gasteiger partial charge in [0.2, 0.25) is 12.7 Å². The van der Waals surface area contributed by atoms with Gasteiger partial charge in [0, 0.05) is 31.4 Å². The van der Waals surface area contributed by atoms with E-state index in [9.17, 15) is 4.79 Å². The van der Waals surface area contributed by atoms with Gasteiger partial charge < -0.3 is 19.5 Å². The molecule has 3 atom stereocenters. The molecule has 5 rings (SSSR count). The lowest BCUT2D eigenvalue weighted by Crippen LogP contribution is -2.45. The summed E-state index contributed by atoms with van der Waals surface area (Å²) in [5.41, 5.74) is 0.750. The van der Waals surface area contributed by atoms with Crippen LogP contribution < -0.4 is 14.8 Å². The number of fused-ring (bicyclic) bond motifs is 3. The minimum Gasteiger partial charge on any atom is -0.454 e. The number of amides is 1. The standard InChI is InChI=1S/C18H22N2O4/c21-18(19-12-3-4-15-16(5-12)23-10-22-15)14-6-13-8-20(7-11-1-2-11)9-17(14)24-13/h3-5,11,13-14,17H,1-2,6-10H2,(H,19,21)/t13-,14+,17-/m1/s1. The highest BCUT2D eigenvalue weighted by Gasteiger charge is 2.45. The molecule has 4 aliphatic rings. The zero-order chi connectivity index (χ0) is 16.1. The number of carbonyl (C=O) groups is 1. The van der Waals surface area contributed by atoms with Gasteiger partial charge in [-0.05, 0) is 37.3 Å². The molecule has 6 nitrogen and oxygen atoms in total. The Hall–Kier alpha value is -1.79. The molecule has 0 unspecified atom stereocenters. The van der Waals surface area contributed by atoms with E-state index in [4.69, 9.17) is 14.2 Å². The maximum atomic E-state index is 12.7. The predicted molar refractivity (Wildman–Crippen MR) is 87.1 cm³/mol. The van der Waals surface area contributed by atoms with E-state index in [-0.39, 0.29) is 30.8 Å². The summed E-state index contributed by atoms with van der Waals surface area (Å²) in [4.78, 5) is 15.2. The van der Waals surface area contributed by atoms with E-state index in [0.29, 0.717) is 5.75 Å². The summed E-state index contributed by atoms with van der Waals surface area (Å²) < 4.78 is 16.7. The number of rotatable bonds is 4. The van der Waals surface area contributed by atoms with Crippen molar-refractivity contribution in [3.05, 3.63) is 18.2 Å². The summed E-state index contributed by atoms with van der Waals surface area (Å²) in [6.45, 7) is 3.27. The lowest BCUT2D eigenvalue weighted by molar-refractivity contribution is -0.122. The Morgan fingerprint density at radius 2 is 2.08 bits per heavy atom. The lowest BCUT2D eigenvalue weighted by Gasteiger charge is -2.32. The summed E-state index contributed by atoms with van der Waals surface area (Å²) in [5.74, 6) is 2.27. The normalized spacial score (nSPS) is 31.2. The Kier molecular flexibility index (Phi) is 3.41. The molecule has 1 aliphatic carbocycles. The fourth-order valence-electron chi connectivity index (χ4n) is 4.04. The quantitative estimate of drug-likeness (QED) is 0.913. The minimum atomic E-state index is -0.0652. The number of hydrogen-bond acceptors (Lipinski definition) is 5. The number of benzene rings is 1. The van der Waals surface area contributed by atoms with Crippen molar-refractivity contribution in [3.63, 3.8) is 0 Å². The summed E-state index contributed by atoms with van der Waals surface area (Å²) >= 11 is 0. The van der Waals surface area contributed by atoms with Crippen molar-refractivity contribution in [2.45, 2.75) is 31.5 Å². The number of morpholine rings is 1. The van der Waals surface area contributed by atoms with Crippen LogP contribution in [0.15, 0.2) is 18.2 Å². The summed E-state index contributed by atoms with van der Waals surface area (Å²) in [6, 6.07) is 5.51. The van der Waals surface area contributed by atoms with Crippen LogP contribution in [0.1, 0.15) is 19.3 Å². The highest BCUT2D eigenvalue weighted by atomic mass is 16.7. The summed E-state index contributed by atoms with van der Waals surface area (Å²) in [7, 11) is 0. The molecule has 0 radical (unpaired) electrons. The third kappa shape index (κ3) is 2.74. The van der Waals surface area contributed by atoms with Crippen molar-refractivity contribution >= 4 is 11.6 Å². The van der Waals surface area contributed by atoms with Gasteiger partial charge in [-0.25, -0.2) is 0 Å². The van der Waals surface area contributed by atoms with Crippen LogP contribution in [0.25, 0.3) is 0 Å². The van der Waals surface area contributed by atoms with Gasteiger partial charge in [0.05, 0.1) is 18.1 Å². The van der Waals surface area contributed by atoms with Gasteiger partial charge in [0.25, 0.3) is 0 Å². The molecule has 1 N–H and O–H groups in total. The number of nitrogens with zero attached hydrogens (tertiary/aromatic N) is 1. The number of likely N-dealkylation sites (tertiary alicyclic amines) is 1. The van der Waals surface area contributed by atoms with Gasteiger partial charge in [-0.15, -0.1) is 0 Å². The van der Waals surface area contributed by atoms with Gasteiger partial charge in [-0.1, -0.05) is 0 Å². The average molecular weight is 330 g/mol. The first-order valence-corrected chi connectivity index (χ1v) is 8.83. The molecule has 1 aromatic carbocycles. The fourth-order valence-corrected chi connectivity index (χ4v) is 4.04. The first-order valence-electron chi connectivity index (χ1n) is 8.83. The second kappa shape index (κ2) is 5.63. The molecule has 0 aromatic heterocycles. The van der Waals surface area contributed by atoms with Crippen LogP contribution in [-0.2, 0) is 9.53 Å². The first-order chi connectivity index (χ1) is 11.7. The van der Waals surface area contributed by atoms with Crippen molar-refractivity contribution in [1.82, 2.24) is 4.90 Å². The Labute approximate surface area is 141 Å². The summed E-state index contributed by atoms with van der Waals surface area (Å²) in [6.07, 6.45) is 3.77. The van der Waals surface area contributed by atoms with Crippen LogP contribution in [0.5, 0.6) is 11.5 Å². The molecule has 2 saturated heterocycles. The molecular weight excluding hydrogens is 308 g/mol. The zero-order valence-electron chi connectivity index (χ0n) is 13.6. The van der Waals surface area contributed by atoms with E-state index in [2.05, 4.69) is 10.2 Å². The van der Waals surface area contributed by atoms with Crippen molar-refractivity contribution < 1.29 is 19.0 Å². The molecular formula is C18H22N2O4. The molecule has 3 fully saturated rings. The van der Waals surface area contributed by atoms with Crippen molar-refractivity contribution in [2.75, 3.05) is 31.7 Å². The van der Waals surface area contributed by atoms with E-state index in [1.165, 1.54) is 19.4 Å². The third-order valence-corrected chi connectivity index (χ3v) is 5.42. The smallest absolute Gasteiger partial charge is 0.231 e. The SMILES string of the molecule is O=C(Nc1ccc2c(c1)OCO2)[C@H]1C[C@@H]2CN(CC3CC3)C[C@H]1O2. The van der Waals surface area contributed by atoms with Gasteiger partial charge in [0.1, 0.15) is 0 Å². The van der Waals surface area contributed by atoms with Gasteiger partial charge in [-0.2, -0.15) is 0 Å². The predicted octanol–water partition coefficient (Wildman–Crippen LogP) is 1.85. The van der Waals surface area contributed by atoms with Crippen molar-refractivity contribution in [3.8, 4) is 11.5 Å². The number of ether oxygens (including phenoxy) is 3. The van der Waals surface area contributed by atoms with Crippen LogP contribution in [0, 0.1) is 11.8 Å². The monoisotopic (exact) mass is 330 g/mol. The fraction of sp³-hybridized carbons (Fsp3) is 0.611. The number of nitrogens with one attached hydrogen (secondary N) is 1. The maximum absolute atomic E-state index is 12.7. The van der Waals surface area contributed by atoms with E-state index in [1.807, 2.05) is 18.2 Å². The molecule has 6 heteroatoms. The van der Waals surface area contributed by atoms with Crippen LogP contribution in [0.4, 0.5) is 5.69 Å². The van der Waals surface area contributed by atoms with E-state index in [0.717, 1.165) is 36.9 Å². The van der Waals surface area contributed by atoms with E-state index >= 15 is 0 Å². The van der Waals surface area contributed by atoms with Crippen LogP contribution in [-0.4, -0.2) is 49.4 Å². The molecule has 2 bridgehead atoms. The average Bonchev–Trinajstić information content (AvgIpc) is 3.16. The molecule has 3 aliphatic heterocycles. The van der Waals surface area contributed by atoms with E-state index in [1.54, 1.807) is 0 Å². The van der Waals surface area contributed by atoms with Gasteiger partial charge >= 0.3 is 0 Å². The largest absolute Gasteiger partial charge is 0.454 e. The van der Waals surface area contributed by atoms with Crippen LogP contribution in [0.3, 0.4) is 0 Å². The minimum absolute atomic E-state index is 0.0245. The Morgan fingerprint density at radius 3 is 2.96 bits per heavy atom. The molecule has 1 saturated carbocycles. The molecule has 128 valence electrons. The maximum Gasteiger partial charge on any atom is 0.231 e. The Morgan fingerprint density at radius 1 is 1.21 bits per heavy atom. The number of hydrogen-bond donors (Lipinski definition) is 1. The van der Waals surface area contributed by atoms with Gasteiger partial charge in [-0.3, -0.25) is 9.69 Å². The molecule has 0 spiro atoms. The Bertz CT molecular complexity index is 660. The van der Waals surface area contributed by atoms with Crippen molar-refractivity contribution in [1.29, 1.82) is 0 Å². The first kappa shape index (κ1) is 14.5. The van der Waals surface area contributed by atoms with Crippen molar-refractivity contribution in [2.24, 2.45) is 11.8 Å². The zero-order valence-corrected chi connectivity index (χ0v) is 13.6. The number of carbonyl (C=O) groups excluding carboxylic acids is 1. The molecule has 1 aromatic rings. The Balaban J connectivity index is 1.24. The highest BCUT2D eigenvalue weighted by Crippen LogP contribution is 2.37. The molecule has 24 heavy (non-hydrogen) atoms. The second-order valence-corrected chi connectivity index (χ2v) is 7.36. The molecule has 3 heterocycles. The molecule has 1 amide bonds. The second-order valence-electron chi connectivity index (χ2n) is 7.36. The lowest BCUT2D eigenvalue weighted by atomic mass is 9.99. The third-order valence-electron chi connectivity index (χ3n) is 5.42. The topological polar surface area (TPSA) is 60.0 Å². The van der Waals surface area contributed by atoms with Crippen LogP contribution >= 0.6 is 0 Å². The van der Waals surface area contributed by atoms with Crippen LogP contribution in [0.2, 0.25) is 0 Å². The van der Waals surface area contributed by atoms with Gasteiger partial charge in [0.15, 0.2) is 11.5 Å². The number of anilines is 1. The highest BCUT2D eigenvalue weighted by molar-refractivity contribution is 5.93. The van der Waals surface area contributed by atoms with E-state index < -0.39 is 0 Å². The summed E-state index contributed by atoms with van der Waals surface area (Å²) in [5, 5.41) is 3.02.